The third-order valence-electron chi connectivity index (χ3n) is 2.69. The molecule has 1 aromatic rings. The van der Waals surface area contributed by atoms with Crippen molar-refractivity contribution < 1.29 is 4.74 Å². The van der Waals surface area contributed by atoms with Crippen LogP contribution < -0.4 is 5.73 Å². The molecule has 1 fully saturated rings. The summed E-state index contributed by atoms with van der Waals surface area (Å²) in [6.07, 6.45) is 6.44. The van der Waals surface area contributed by atoms with Gasteiger partial charge in [-0.1, -0.05) is 0 Å². The smallest absolute Gasteiger partial charge is 0.0658 e. The van der Waals surface area contributed by atoms with Gasteiger partial charge in [0.15, 0.2) is 0 Å². The van der Waals surface area contributed by atoms with Crippen molar-refractivity contribution in [2.45, 2.75) is 25.4 Å². The van der Waals surface area contributed by atoms with Crippen LogP contribution in [0, 0.1) is 5.92 Å². The summed E-state index contributed by atoms with van der Waals surface area (Å²) < 4.78 is 6.87. The highest BCUT2D eigenvalue weighted by molar-refractivity contribution is 5.13. The minimum absolute atomic E-state index is 0.186. The zero-order valence-electron chi connectivity index (χ0n) is 8.52. The molecule has 1 aliphatic carbocycles. The first kappa shape index (κ1) is 9.68. The first-order valence-electron chi connectivity index (χ1n) is 5.08. The average Bonchev–Trinajstić information content (AvgIpc) is 2.94. The van der Waals surface area contributed by atoms with E-state index in [1.165, 1.54) is 12.8 Å². The van der Waals surface area contributed by atoms with Gasteiger partial charge in [-0.05, 0) is 18.8 Å². The van der Waals surface area contributed by atoms with Crippen molar-refractivity contribution in [1.29, 1.82) is 0 Å². The third-order valence-corrected chi connectivity index (χ3v) is 2.69. The molecule has 0 amide bonds. The molecule has 1 heterocycles. The lowest BCUT2D eigenvalue weighted by molar-refractivity contribution is 0.183. The maximum absolute atomic E-state index is 6.06. The van der Waals surface area contributed by atoms with E-state index in [0.717, 1.165) is 12.1 Å². The second kappa shape index (κ2) is 4.11. The van der Waals surface area contributed by atoms with E-state index < -0.39 is 0 Å². The van der Waals surface area contributed by atoms with Crippen molar-refractivity contribution in [2.24, 2.45) is 11.7 Å². The van der Waals surface area contributed by atoms with Crippen molar-refractivity contribution in [1.82, 2.24) is 9.78 Å². The maximum atomic E-state index is 6.06. The molecule has 1 atom stereocenters. The van der Waals surface area contributed by atoms with Gasteiger partial charge in [0.2, 0.25) is 0 Å². The molecule has 2 N–H and O–H groups in total. The molecule has 0 bridgehead atoms. The fraction of sp³-hybridized carbons (Fsp3) is 0.700. The van der Waals surface area contributed by atoms with Crippen molar-refractivity contribution >= 4 is 0 Å². The molecule has 1 saturated carbocycles. The Balaban J connectivity index is 1.94. The topological polar surface area (TPSA) is 53.1 Å². The highest BCUT2D eigenvalue weighted by Crippen LogP contribution is 2.39. The predicted molar refractivity (Wildman–Crippen MR) is 53.8 cm³/mol. The molecule has 78 valence electrons. The molecule has 1 aromatic heterocycles. The number of nitrogens with two attached hydrogens (primary N) is 1. The fourth-order valence-corrected chi connectivity index (χ4v) is 1.59. The number of nitrogens with zero attached hydrogens (tertiary/aromatic N) is 2. The summed E-state index contributed by atoms with van der Waals surface area (Å²) in [5.74, 6) is 0.690. The normalized spacial score (nSPS) is 18.4. The van der Waals surface area contributed by atoms with Crippen molar-refractivity contribution in [3.05, 3.63) is 18.0 Å². The molecule has 0 aromatic carbocycles. The van der Waals surface area contributed by atoms with E-state index in [2.05, 4.69) is 5.10 Å². The van der Waals surface area contributed by atoms with Gasteiger partial charge < -0.3 is 10.5 Å². The molecule has 0 saturated heterocycles. The molecule has 0 spiro atoms. The SMILES string of the molecule is COCCn1cc([C@@H](N)C2CC2)cn1. The van der Waals surface area contributed by atoms with E-state index >= 15 is 0 Å². The summed E-state index contributed by atoms with van der Waals surface area (Å²) in [6, 6.07) is 0.186. The highest BCUT2D eigenvalue weighted by Gasteiger charge is 2.30. The highest BCUT2D eigenvalue weighted by atomic mass is 16.5. The monoisotopic (exact) mass is 195 g/mol. The lowest BCUT2D eigenvalue weighted by Crippen LogP contribution is -2.11. The Kier molecular flexibility index (Phi) is 2.84. The van der Waals surface area contributed by atoms with Crippen LogP contribution in [0.1, 0.15) is 24.4 Å². The standard InChI is InChI=1S/C10H17N3O/c1-14-5-4-13-7-9(6-12-13)10(11)8-2-3-8/h6-8,10H,2-5,11H2,1H3/t10-/m0/s1. The average molecular weight is 195 g/mol. The van der Waals surface area contributed by atoms with Gasteiger partial charge >= 0.3 is 0 Å². The number of aromatic nitrogens is 2. The fourth-order valence-electron chi connectivity index (χ4n) is 1.59. The number of rotatable bonds is 5. The minimum atomic E-state index is 0.186. The van der Waals surface area contributed by atoms with Gasteiger partial charge in [-0.2, -0.15) is 5.10 Å². The van der Waals surface area contributed by atoms with Gasteiger partial charge in [-0.25, -0.2) is 0 Å². The molecular formula is C10H17N3O. The molecule has 4 nitrogen and oxygen atoms in total. The quantitative estimate of drug-likeness (QED) is 0.760. The van der Waals surface area contributed by atoms with Crippen LogP contribution >= 0.6 is 0 Å². The number of hydrogen-bond acceptors (Lipinski definition) is 3. The molecule has 2 rings (SSSR count). The summed E-state index contributed by atoms with van der Waals surface area (Å²) >= 11 is 0. The van der Waals surface area contributed by atoms with E-state index in [-0.39, 0.29) is 6.04 Å². The van der Waals surface area contributed by atoms with Gasteiger partial charge in [0, 0.05) is 24.9 Å². The van der Waals surface area contributed by atoms with Gasteiger partial charge in [0.1, 0.15) is 0 Å². The van der Waals surface area contributed by atoms with E-state index in [1.54, 1.807) is 7.11 Å². The van der Waals surface area contributed by atoms with Crippen LogP contribution in [0.15, 0.2) is 12.4 Å². The van der Waals surface area contributed by atoms with Crippen LogP contribution in [0.25, 0.3) is 0 Å². The van der Waals surface area contributed by atoms with Crippen LogP contribution in [0.2, 0.25) is 0 Å². The molecule has 1 aliphatic rings. The summed E-state index contributed by atoms with van der Waals surface area (Å²) in [5, 5.41) is 4.24. The van der Waals surface area contributed by atoms with E-state index in [9.17, 15) is 0 Å². The van der Waals surface area contributed by atoms with E-state index in [1.807, 2.05) is 17.1 Å². The minimum Gasteiger partial charge on any atom is -0.383 e. The summed E-state index contributed by atoms with van der Waals surface area (Å²) in [7, 11) is 1.69. The number of hydrogen-bond donors (Lipinski definition) is 1. The molecule has 0 radical (unpaired) electrons. The van der Waals surface area contributed by atoms with Gasteiger partial charge in [0.05, 0.1) is 19.3 Å². The zero-order valence-corrected chi connectivity index (χ0v) is 8.52. The van der Waals surface area contributed by atoms with Crippen LogP contribution in [0.3, 0.4) is 0 Å². The molecular weight excluding hydrogens is 178 g/mol. The number of ether oxygens (including phenoxy) is 1. The van der Waals surface area contributed by atoms with Crippen LogP contribution in [-0.4, -0.2) is 23.5 Å². The molecule has 4 heteroatoms. The Morgan fingerprint density at radius 1 is 1.71 bits per heavy atom. The molecule has 0 aliphatic heterocycles. The van der Waals surface area contributed by atoms with Crippen molar-refractivity contribution in [3.8, 4) is 0 Å². The summed E-state index contributed by atoms with van der Waals surface area (Å²) in [6.45, 7) is 1.49. The van der Waals surface area contributed by atoms with Crippen molar-refractivity contribution in [3.63, 3.8) is 0 Å². The Labute approximate surface area is 84.0 Å². The van der Waals surface area contributed by atoms with Gasteiger partial charge in [-0.3, -0.25) is 4.68 Å². The van der Waals surface area contributed by atoms with E-state index in [4.69, 9.17) is 10.5 Å². The predicted octanol–water partition coefficient (Wildman–Crippen LogP) is 0.939. The number of methoxy groups -OCH3 is 1. The van der Waals surface area contributed by atoms with E-state index in [0.29, 0.717) is 12.5 Å². The Hall–Kier alpha value is -0.870. The lowest BCUT2D eigenvalue weighted by Gasteiger charge is -2.05. The van der Waals surface area contributed by atoms with Gasteiger partial charge in [0.25, 0.3) is 0 Å². The van der Waals surface area contributed by atoms with Crippen molar-refractivity contribution in [2.75, 3.05) is 13.7 Å². The first-order valence-corrected chi connectivity index (χ1v) is 5.08. The Morgan fingerprint density at radius 3 is 3.14 bits per heavy atom. The Bertz CT molecular complexity index is 293. The maximum Gasteiger partial charge on any atom is 0.0658 e. The summed E-state index contributed by atoms with van der Waals surface area (Å²) in [4.78, 5) is 0. The van der Waals surface area contributed by atoms with Crippen LogP contribution in [0.4, 0.5) is 0 Å². The molecule has 0 unspecified atom stereocenters. The summed E-state index contributed by atoms with van der Waals surface area (Å²) in [5.41, 5.74) is 7.21. The van der Waals surface area contributed by atoms with Gasteiger partial charge in [-0.15, -0.1) is 0 Å². The second-order valence-corrected chi connectivity index (χ2v) is 3.89. The lowest BCUT2D eigenvalue weighted by atomic mass is 10.1. The largest absolute Gasteiger partial charge is 0.383 e. The Morgan fingerprint density at radius 2 is 2.50 bits per heavy atom. The second-order valence-electron chi connectivity index (χ2n) is 3.89. The third kappa shape index (κ3) is 2.13. The first-order chi connectivity index (χ1) is 6.81. The van der Waals surface area contributed by atoms with Crippen LogP contribution in [0.5, 0.6) is 0 Å². The zero-order chi connectivity index (χ0) is 9.97. The molecule has 14 heavy (non-hydrogen) atoms. The van der Waals surface area contributed by atoms with Crippen LogP contribution in [-0.2, 0) is 11.3 Å².